The van der Waals surface area contributed by atoms with Gasteiger partial charge in [0.25, 0.3) is 10.1 Å². The van der Waals surface area contributed by atoms with E-state index in [2.05, 4.69) is 5.73 Å². The van der Waals surface area contributed by atoms with E-state index in [9.17, 15) is 13.2 Å². The van der Waals surface area contributed by atoms with Crippen molar-refractivity contribution in [2.75, 3.05) is 5.75 Å². The molecule has 0 aromatic rings. The molecule has 0 unspecified atom stereocenters. The number of amides is 1. The zero-order valence-corrected chi connectivity index (χ0v) is 4.68. The molecule has 0 aliphatic rings. The summed E-state index contributed by atoms with van der Waals surface area (Å²) in [5.74, 6) is -2.07. The van der Waals surface area contributed by atoms with Gasteiger partial charge in [-0.05, 0) is 0 Å². The summed E-state index contributed by atoms with van der Waals surface area (Å²) in [6.07, 6.45) is 0. The number of carbonyl (C=O) groups is 1. The molecule has 0 atom stereocenters. The Bertz CT molecular complexity index is 187. The van der Waals surface area contributed by atoms with E-state index in [4.69, 9.17) is 4.55 Å². The zero-order valence-electron chi connectivity index (χ0n) is 3.86. The summed E-state index contributed by atoms with van der Waals surface area (Å²) in [7, 11) is -4.20. The first-order chi connectivity index (χ1) is 3.42. The average Bonchev–Trinajstić information content (AvgIpc) is 1.21. The van der Waals surface area contributed by atoms with E-state index in [0.717, 1.165) is 0 Å². The van der Waals surface area contributed by atoms with Gasteiger partial charge in [-0.1, -0.05) is 0 Å². The molecule has 3 N–H and O–H groups in total. The van der Waals surface area contributed by atoms with Gasteiger partial charge < -0.3 is 5.73 Å². The maximum absolute atomic E-state index is 9.70. The van der Waals surface area contributed by atoms with Crippen molar-refractivity contribution in [1.29, 1.82) is 0 Å². The number of hydrogen-bond acceptors (Lipinski definition) is 3. The second kappa shape index (κ2) is 8.26. The Kier molecular flexibility index (Phi) is 15.2. The topological polar surface area (TPSA) is 97.5 Å². The van der Waals surface area contributed by atoms with Crippen LogP contribution in [0.15, 0.2) is 0 Å². The van der Waals surface area contributed by atoms with Gasteiger partial charge in [-0.25, -0.2) is 0 Å². The second-order valence-corrected chi connectivity index (χ2v) is 2.65. The second-order valence-electron chi connectivity index (χ2n) is 1.19. The average molecular weight is 219 g/mol. The molecule has 0 saturated carbocycles. The monoisotopic (exact) mass is 219 g/mol. The molecule has 0 heterocycles. The molecule has 0 fully saturated rings. The minimum atomic E-state index is -4.20. The quantitative estimate of drug-likeness (QED) is 0.383. The maximum atomic E-state index is 9.70. The summed E-state index contributed by atoms with van der Waals surface area (Å²) in [6, 6.07) is 0. The summed E-state index contributed by atoms with van der Waals surface area (Å²) in [6.45, 7) is 0. The van der Waals surface area contributed by atoms with Crippen LogP contribution in [-0.2, 0) is 14.9 Å². The fourth-order valence-corrected chi connectivity index (χ4v) is 0.539. The molecule has 52 valence electrons. The van der Waals surface area contributed by atoms with Gasteiger partial charge in [0.2, 0.25) is 5.91 Å². The van der Waals surface area contributed by atoms with Crippen LogP contribution in [0.4, 0.5) is 0 Å². The standard InChI is InChI=1S/C2H5NO4S.2K.2H/c3-2(4)1-8(5,6)7;;;;/h1H2,(H2,3,4)(H,5,6,7);;;;. The first-order valence-corrected chi connectivity index (χ1v) is 3.26. The predicted octanol–water partition coefficient (Wildman–Crippen LogP) is -2.94. The number of carbonyl (C=O) groups excluding carboxylic acids is 1. The van der Waals surface area contributed by atoms with Gasteiger partial charge in [-0.2, -0.15) is 8.42 Å². The third kappa shape index (κ3) is 16.9. The van der Waals surface area contributed by atoms with E-state index in [-0.39, 0.29) is 103 Å². The van der Waals surface area contributed by atoms with Crippen molar-refractivity contribution in [2.24, 2.45) is 5.73 Å². The predicted molar refractivity (Wildman–Crippen MR) is 39.9 cm³/mol. The van der Waals surface area contributed by atoms with Crippen LogP contribution >= 0.6 is 0 Å². The van der Waals surface area contributed by atoms with Crippen LogP contribution in [0.3, 0.4) is 0 Å². The SMILES string of the molecule is NC(=O)CS(=O)(=O)O.[KH].[KH]. The minimum absolute atomic E-state index is 0. The number of hydrogen-bond donors (Lipinski definition) is 2. The third-order valence-electron chi connectivity index (χ3n) is 0.325. The molecule has 0 aromatic heterocycles. The van der Waals surface area contributed by atoms with E-state index in [0.29, 0.717) is 0 Å². The van der Waals surface area contributed by atoms with E-state index in [1.54, 1.807) is 0 Å². The van der Waals surface area contributed by atoms with Crippen LogP contribution in [0.25, 0.3) is 0 Å². The number of rotatable bonds is 2. The summed E-state index contributed by atoms with van der Waals surface area (Å²) >= 11 is 0. The molecule has 0 aliphatic heterocycles. The van der Waals surface area contributed by atoms with Crippen LogP contribution in [0, 0.1) is 0 Å². The van der Waals surface area contributed by atoms with Crippen molar-refractivity contribution in [3.8, 4) is 0 Å². The fourth-order valence-electron chi connectivity index (χ4n) is 0.180. The Morgan fingerprint density at radius 2 is 1.70 bits per heavy atom. The molecular weight excluding hydrogens is 212 g/mol. The molecule has 0 aromatic carbocycles. The van der Waals surface area contributed by atoms with Crippen molar-refractivity contribution in [3.05, 3.63) is 0 Å². The summed E-state index contributed by atoms with van der Waals surface area (Å²) in [4.78, 5) is 9.70. The van der Waals surface area contributed by atoms with E-state index in [1.807, 2.05) is 0 Å². The summed E-state index contributed by atoms with van der Waals surface area (Å²) in [5.41, 5.74) is 4.40. The molecule has 0 bridgehead atoms. The van der Waals surface area contributed by atoms with Crippen LogP contribution in [0.5, 0.6) is 0 Å². The molecule has 1 amide bonds. The van der Waals surface area contributed by atoms with Crippen LogP contribution in [0.1, 0.15) is 0 Å². The number of nitrogens with two attached hydrogens (primary N) is 1. The number of primary amides is 1. The molecule has 0 saturated heterocycles. The Hall–Kier alpha value is 2.65. The van der Waals surface area contributed by atoms with Gasteiger partial charge in [-0.15, -0.1) is 0 Å². The molecule has 0 aliphatic carbocycles. The Morgan fingerprint density at radius 1 is 1.40 bits per heavy atom. The van der Waals surface area contributed by atoms with Crippen LogP contribution in [-0.4, -0.2) is 127 Å². The Balaban J connectivity index is -0.000000245. The van der Waals surface area contributed by atoms with E-state index >= 15 is 0 Å². The van der Waals surface area contributed by atoms with Gasteiger partial charge in [0.1, 0.15) is 0 Å². The summed E-state index contributed by atoms with van der Waals surface area (Å²) in [5, 5.41) is 0. The zero-order chi connectivity index (χ0) is 6.78. The van der Waals surface area contributed by atoms with Gasteiger partial charge in [0.05, 0.1) is 0 Å². The first kappa shape index (κ1) is 18.4. The van der Waals surface area contributed by atoms with Crippen molar-refractivity contribution in [3.63, 3.8) is 0 Å². The third-order valence-corrected chi connectivity index (χ3v) is 0.974. The molecule has 0 rings (SSSR count). The van der Waals surface area contributed by atoms with E-state index in [1.165, 1.54) is 0 Å². The Labute approximate surface area is 144 Å². The van der Waals surface area contributed by atoms with Crippen LogP contribution in [0.2, 0.25) is 0 Å². The Morgan fingerprint density at radius 3 is 1.70 bits per heavy atom. The molecule has 10 heavy (non-hydrogen) atoms. The van der Waals surface area contributed by atoms with Crippen LogP contribution < -0.4 is 5.73 Å². The van der Waals surface area contributed by atoms with Crippen molar-refractivity contribution >= 4 is 119 Å². The normalized spacial score (nSPS) is 8.90. The molecule has 5 nitrogen and oxygen atoms in total. The van der Waals surface area contributed by atoms with Gasteiger partial charge >= 0.3 is 103 Å². The molecular formula is C2H7K2NO4S. The van der Waals surface area contributed by atoms with Crippen molar-refractivity contribution in [1.82, 2.24) is 0 Å². The van der Waals surface area contributed by atoms with Gasteiger partial charge in [0.15, 0.2) is 5.75 Å². The fraction of sp³-hybridized carbons (Fsp3) is 0.500. The molecule has 0 spiro atoms. The van der Waals surface area contributed by atoms with Crippen molar-refractivity contribution < 1.29 is 17.8 Å². The van der Waals surface area contributed by atoms with E-state index < -0.39 is 21.8 Å². The molecule has 8 heteroatoms. The van der Waals surface area contributed by atoms with Crippen molar-refractivity contribution in [2.45, 2.75) is 0 Å². The first-order valence-electron chi connectivity index (χ1n) is 1.65. The van der Waals surface area contributed by atoms with Gasteiger partial charge in [-0.3, -0.25) is 9.35 Å². The van der Waals surface area contributed by atoms with Gasteiger partial charge in [0, 0.05) is 0 Å². The summed E-state index contributed by atoms with van der Waals surface area (Å²) < 4.78 is 27.3. The molecule has 0 radical (unpaired) electrons.